The van der Waals surface area contributed by atoms with Crippen molar-refractivity contribution in [2.75, 3.05) is 10.6 Å². The molecule has 2 aromatic carbocycles. The number of amides is 1. The molecule has 0 fully saturated rings. The summed E-state index contributed by atoms with van der Waals surface area (Å²) in [4.78, 5) is 16.5. The van der Waals surface area contributed by atoms with Crippen molar-refractivity contribution in [3.05, 3.63) is 82.6 Å². The average Bonchev–Trinajstić information content (AvgIpc) is 2.60. The van der Waals surface area contributed by atoms with Crippen LogP contribution in [0.4, 0.5) is 17.1 Å². The zero-order valence-electron chi connectivity index (χ0n) is 13.1. The van der Waals surface area contributed by atoms with Crippen molar-refractivity contribution in [1.82, 2.24) is 4.98 Å². The number of benzene rings is 2. The highest BCUT2D eigenvalue weighted by Gasteiger charge is 2.08. The molecule has 0 spiro atoms. The molecule has 1 heterocycles. The highest BCUT2D eigenvalue weighted by atomic mass is 79.9. The molecule has 0 radical (unpaired) electrons. The van der Waals surface area contributed by atoms with Crippen LogP contribution in [0.25, 0.3) is 0 Å². The number of nitrogens with one attached hydrogen (secondary N) is 2. The third kappa shape index (κ3) is 4.00. The number of halogens is 1. The Morgan fingerprint density at radius 2 is 1.71 bits per heavy atom. The Labute approximate surface area is 149 Å². The zero-order chi connectivity index (χ0) is 16.9. The van der Waals surface area contributed by atoms with Crippen molar-refractivity contribution < 1.29 is 4.79 Å². The number of aryl methyl sites for hydroxylation is 1. The van der Waals surface area contributed by atoms with E-state index in [1.54, 1.807) is 12.3 Å². The van der Waals surface area contributed by atoms with Gasteiger partial charge in [0, 0.05) is 15.8 Å². The normalized spacial score (nSPS) is 10.2. The van der Waals surface area contributed by atoms with Crippen LogP contribution in [0.15, 0.2) is 71.3 Å². The molecule has 5 heteroatoms. The number of hydrogen-bond donors (Lipinski definition) is 2. The van der Waals surface area contributed by atoms with Crippen molar-refractivity contribution in [2.45, 2.75) is 6.92 Å². The Kier molecular flexibility index (Phi) is 4.91. The van der Waals surface area contributed by atoms with Crippen LogP contribution in [0.2, 0.25) is 0 Å². The number of rotatable bonds is 4. The van der Waals surface area contributed by atoms with Gasteiger partial charge in [-0.15, -0.1) is 0 Å². The van der Waals surface area contributed by atoms with E-state index in [-0.39, 0.29) is 5.91 Å². The molecule has 24 heavy (non-hydrogen) atoms. The molecule has 3 aromatic rings. The van der Waals surface area contributed by atoms with Crippen molar-refractivity contribution >= 4 is 38.9 Å². The predicted molar refractivity (Wildman–Crippen MR) is 101 cm³/mol. The van der Waals surface area contributed by atoms with E-state index in [1.807, 2.05) is 61.5 Å². The third-order valence-electron chi connectivity index (χ3n) is 3.49. The molecule has 0 unspecified atom stereocenters. The topological polar surface area (TPSA) is 54.0 Å². The van der Waals surface area contributed by atoms with E-state index in [0.29, 0.717) is 5.69 Å². The minimum atomic E-state index is -0.239. The summed E-state index contributed by atoms with van der Waals surface area (Å²) >= 11 is 3.46. The fourth-order valence-corrected chi connectivity index (χ4v) is 2.53. The van der Waals surface area contributed by atoms with Crippen LogP contribution in [-0.4, -0.2) is 10.9 Å². The molecule has 1 amide bonds. The molecule has 0 aliphatic rings. The standard InChI is InChI=1S/C19H16BrN3O/c1-13-7-8-15(11-17(13)20)23-19(24)18-10-9-16(12-21-18)22-14-5-3-2-4-6-14/h2-12,22H,1H3,(H,23,24). The summed E-state index contributed by atoms with van der Waals surface area (Å²) in [6.07, 6.45) is 1.65. The zero-order valence-corrected chi connectivity index (χ0v) is 14.7. The van der Waals surface area contributed by atoms with Crippen LogP contribution in [0.5, 0.6) is 0 Å². The fraction of sp³-hybridized carbons (Fsp3) is 0.0526. The van der Waals surface area contributed by atoms with E-state index in [4.69, 9.17) is 0 Å². The Morgan fingerprint density at radius 3 is 2.38 bits per heavy atom. The molecule has 0 atom stereocenters. The summed E-state index contributed by atoms with van der Waals surface area (Å²) in [5.74, 6) is -0.239. The second-order valence-electron chi connectivity index (χ2n) is 5.34. The van der Waals surface area contributed by atoms with Gasteiger partial charge >= 0.3 is 0 Å². The lowest BCUT2D eigenvalue weighted by Gasteiger charge is -2.08. The van der Waals surface area contributed by atoms with Gasteiger partial charge in [0.25, 0.3) is 5.91 Å². The van der Waals surface area contributed by atoms with Crippen LogP contribution in [0.3, 0.4) is 0 Å². The van der Waals surface area contributed by atoms with Gasteiger partial charge in [-0.05, 0) is 48.9 Å². The first kappa shape index (κ1) is 16.2. The van der Waals surface area contributed by atoms with E-state index in [9.17, 15) is 4.79 Å². The highest BCUT2D eigenvalue weighted by molar-refractivity contribution is 9.10. The summed E-state index contributed by atoms with van der Waals surface area (Å²) in [7, 11) is 0. The van der Waals surface area contributed by atoms with Crippen LogP contribution in [-0.2, 0) is 0 Å². The molecule has 1 aromatic heterocycles. The lowest BCUT2D eigenvalue weighted by molar-refractivity contribution is 0.102. The SMILES string of the molecule is Cc1ccc(NC(=O)c2ccc(Nc3ccccc3)cn2)cc1Br. The number of para-hydroxylation sites is 1. The van der Waals surface area contributed by atoms with Gasteiger partial charge in [-0.1, -0.05) is 40.2 Å². The van der Waals surface area contributed by atoms with Gasteiger partial charge in [-0.2, -0.15) is 0 Å². The van der Waals surface area contributed by atoms with E-state index < -0.39 is 0 Å². The smallest absolute Gasteiger partial charge is 0.274 e. The third-order valence-corrected chi connectivity index (χ3v) is 4.34. The summed E-state index contributed by atoms with van der Waals surface area (Å²) in [5.41, 5.74) is 4.01. The van der Waals surface area contributed by atoms with Gasteiger partial charge < -0.3 is 10.6 Å². The van der Waals surface area contributed by atoms with Gasteiger partial charge in [0.1, 0.15) is 5.69 Å². The maximum absolute atomic E-state index is 12.3. The number of carbonyl (C=O) groups is 1. The van der Waals surface area contributed by atoms with Crippen LogP contribution in [0, 0.1) is 6.92 Å². The summed E-state index contributed by atoms with van der Waals surface area (Å²) in [6, 6.07) is 19.0. The number of aromatic nitrogens is 1. The largest absolute Gasteiger partial charge is 0.354 e. The molecule has 0 aliphatic heterocycles. The second-order valence-corrected chi connectivity index (χ2v) is 6.20. The molecule has 3 rings (SSSR count). The Morgan fingerprint density at radius 1 is 0.958 bits per heavy atom. The summed E-state index contributed by atoms with van der Waals surface area (Å²) < 4.78 is 0.954. The molecule has 0 saturated carbocycles. The Balaban J connectivity index is 1.68. The van der Waals surface area contributed by atoms with Crippen LogP contribution < -0.4 is 10.6 Å². The minimum absolute atomic E-state index is 0.239. The van der Waals surface area contributed by atoms with Crippen molar-refractivity contribution in [3.8, 4) is 0 Å². The number of carbonyl (C=O) groups excluding carboxylic acids is 1. The van der Waals surface area contributed by atoms with Gasteiger partial charge in [0.2, 0.25) is 0 Å². The number of pyridine rings is 1. The molecule has 0 saturated heterocycles. The summed E-state index contributed by atoms with van der Waals surface area (Å²) in [6.45, 7) is 2.00. The molecule has 0 bridgehead atoms. The van der Waals surface area contributed by atoms with Gasteiger partial charge in [0.15, 0.2) is 0 Å². The quantitative estimate of drug-likeness (QED) is 0.656. The Hall–Kier alpha value is -2.66. The number of nitrogens with zero attached hydrogens (tertiary/aromatic N) is 1. The predicted octanol–water partition coefficient (Wildman–Crippen LogP) is 5.15. The second kappa shape index (κ2) is 7.27. The molecule has 0 aliphatic carbocycles. The highest BCUT2D eigenvalue weighted by Crippen LogP contribution is 2.21. The lowest BCUT2D eigenvalue weighted by atomic mass is 10.2. The minimum Gasteiger partial charge on any atom is -0.354 e. The molecular weight excluding hydrogens is 366 g/mol. The Bertz CT molecular complexity index is 848. The van der Waals surface area contributed by atoms with Gasteiger partial charge in [0.05, 0.1) is 11.9 Å². The average molecular weight is 382 g/mol. The monoisotopic (exact) mass is 381 g/mol. The molecule has 2 N–H and O–H groups in total. The van der Waals surface area contributed by atoms with Gasteiger partial charge in [-0.25, -0.2) is 4.98 Å². The maximum atomic E-state index is 12.3. The fourth-order valence-electron chi connectivity index (χ4n) is 2.16. The van der Waals surface area contributed by atoms with Crippen LogP contribution >= 0.6 is 15.9 Å². The first-order valence-corrected chi connectivity index (χ1v) is 8.27. The van der Waals surface area contributed by atoms with E-state index in [2.05, 4.69) is 31.5 Å². The molecular formula is C19H16BrN3O. The molecule has 120 valence electrons. The van der Waals surface area contributed by atoms with E-state index >= 15 is 0 Å². The van der Waals surface area contributed by atoms with Crippen LogP contribution in [0.1, 0.15) is 16.1 Å². The maximum Gasteiger partial charge on any atom is 0.274 e. The molecule has 4 nitrogen and oxygen atoms in total. The van der Waals surface area contributed by atoms with Crippen molar-refractivity contribution in [3.63, 3.8) is 0 Å². The lowest BCUT2D eigenvalue weighted by Crippen LogP contribution is -2.13. The van der Waals surface area contributed by atoms with Crippen molar-refractivity contribution in [2.24, 2.45) is 0 Å². The number of anilines is 3. The first-order chi connectivity index (χ1) is 11.6. The summed E-state index contributed by atoms with van der Waals surface area (Å²) in [5, 5.41) is 6.08. The van der Waals surface area contributed by atoms with E-state index in [1.165, 1.54) is 0 Å². The first-order valence-electron chi connectivity index (χ1n) is 7.47. The number of hydrogen-bond acceptors (Lipinski definition) is 3. The van der Waals surface area contributed by atoms with Crippen molar-refractivity contribution in [1.29, 1.82) is 0 Å². The van der Waals surface area contributed by atoms with Gasteiger partial charge in [-0.3, -0.25) is 4.79 Å². The van der Waals surface area contributed by atoms with E-state index in [0.717, 1.165) is 27.1 Å².